The maximum atomic E-state index is 6.07. The number of benzene rings is 2. The van der Waals surface area contributed by atoms with Gasteiger partial charge in [-0.1, -0.05) is 61.0 Å². The van der Waals surface area contributed by atoms with E-state index in [0.29, 0.717) is 6.61 Å². The van der Waals surface area contributed by atoms with Gasteiger partial charge in [-0.05, 0) is 61.4 Å². The first-order valence-electron chi connectivity index (χ1n) is 9.79. The van der Waals surface area contributed by atoms with Crippen LogP contribution >= 0.6 is 15.9 Å². The number of aryl methyl sites for hydroxylation is 1. The lowest BCUT2D eigenvalue weighted by atomic mass is 9.82. The van der Waals surface area contributed by atoms with Crippen molar-refractivity contribution in [3.05, 3.63) is 57.6 Å². The maximum Gasteiger partial charge on any atom is 0.162 e. The van der Waals surface area contributed by atoms with Gasteiger partial charge < -0.3 is 14.8 Å². The van der Waals surface area contributed by atoms with Crippen molar-refractivity contribution < 1.29 is 9.47 Å². The predicted octanol–water partition coefficient (Wildman–Crippen LogP) is 6.65. The van der Waals surface area contributed by atoms with Crippen molar-refractivity contribution >= 4 is 15.9 Å². The molecule has 0 saturated carbocycles. The molecule has 0 spiro atoms. The fourth-order valence-electron chi connectivity index (χ4n) is 3.64. The van der Waals surface area contributed by atoms with Crippen LogP contribution in [0.1, 0.15) is 57.7 Å². The predicted molar refractivity (Wildman–Crippen MR) is 121 cm³/mol. The molecule has 0 saturated heterocycles. The molecule has 0 aliphatic rings. The van der Waals surface area contributed by atoms with Crippen molar-refractivity contribution in [1.29, 1.82) is 0 Å². The molecule has 3 nitrogen and oxygen atoms in total. The SMILES string of the molecule is COc1cc(CNC(C)(C)CC(C)(C)C)c(Br)cc1OCc1ccccc1C. The second-order valence-electron chi connectivity index (χ2n) is 9.28. The van der Waals surface area contributed by atoms with Crippen LogP contribution in [0, 0.1) is 12.3 Å². The zero-order valence-corrected chi connectivity index (χ0v) is 19.9. The molecule has 0 unspecified atom stereocenters. The fraction of sp³-hybridized carbons (Fsp3) is 0.500. The first kappa shape index (κ1) is 22.8. The second kappa shape index (κ2) is 9.32. The van der Waals surface area contributed by atoms with E-state index in [1.807, 2.05) is 18.2 Å². The lowest BCUT2D eigenvalue weighted by molar-refractivity contribution is 0.240. The lowest BCUT2D eigenvalue weighted by Crippen LogP contribution is -2.41. The average molecular weight is 448 g/mol. The van der Waals surface area contributed by atoms with E-state index < -0.39 is 0 Å². The van der Waals surface area contributed by atoms with E-state index >= 15 is 0 Å². The van der Waals surface area contributed by atoms with Crippen LogP contribution < -0.4 is 14.8 Å². The van der Waals surface area contributed by atoms with Crippen molar-refractivity contribution in [3.8, 4) is 11.5 Å². The van der Waals surface area contributed by atoms with Crippen LogP contribution in [-0.4, -0.2) is 12.6 Å². The van der Waals surface area contributed by atoms with Crippen molar-refractivity contribution in [2.45, 2.75) is 66.7 Å². The Hall–Kier alpha value is -1.52. The second-order valence-corrected chi connectivity index (χ2v) is 10.1. The van der Waals surface area contributed by atoms with E-state index in [1.54, 1.807) is 7.11 Å². The van der Waals surface area contributed by atoms with Crippen LogP contribution in [0.2, 0.25) is 0 Å². The Morgan fingerprint density at radius 2 is 1.64 bits per heavy atom. The summed E-state index contributed by atoms with van der Waals surface area (Å²) in [6.45, 7) is 14.7. The van der Waals surface area contributed by atoms with Crippen LogP contribution in [-0.2, 0) is 13.2 Å². The molecule has 2 aromatic carbocycles. The molecular weight excluding hydrogens is 414 g/mol. The molecule has 0 aliphatic carbocycles. The third kappa shape index (κ3) is 6.82. The van der Waals surface area contributed by atoms with Crippen LogP contribution in [0.25, 0.3) is 0 Å². The summed E-state index contributed by atoms with van der Waals surface area (Å²) in [6, 6.07) is 12.3. The Kier molecular flexibility index (Phi) is 7.58. The number of hydrogen-bond donors (Lipinski definition) is 1. The minimum Gasteiger partial charge on any atom is -0.493 e. The van der Waals surface area contributed by atoms with Gasteiger partial charge in [-0.25, -0.2) is 0 Å². The van der Waals surface area contributed by atoms with Crippen molar-refractivity contribution in [2.24, 2.45) is 5.41 Å². The largest absolute Gasteiger partial charge is 0.493 e. The average Bonchev–Trinajstić information content (AvgIpc) is 2.58. The Balaban J connectivity index is 2.11. The number of ether oxygens (including phenoxy) is 2. The van der Waals surface area contributed by atoms with Gasteiger partial charge in [-0.2, -0.15) is 0 Å². The minimum atomic E-state index is 0.0466. The molecule has 0 aromatic heterocycles. The van der Waals surface area contributed by atoms with Crippen LogP contribution in [0.4, 0.5) is 0 Å². The molecule has 2 rings (SSSR count). The van der Waals surface area contributed by atoms with Gasteiger partial charge in [0.15, 0.2) is 11.5 Å². The Morgan fingerprint density at radius 1 is 0.964 bits per heavy atom. The molecule has 1 N–H and O–H groups in total. The van der Waals surface area contributed by atoms with Crippen LogP contribution in [0.15, 0.2) is 40.9 Å². The maximum absolute atomic E-state index is 6.07. The molecule has 0 heterocycles. The summed E-state index contributed by atoms with van der Waals surface area (Å²) < 4.78 is 12.7. The van der Waals surface area contributed by atoms with E-state index in [0.717, 1.165) is 34.5 Å². The van der Waals surface area contributed by atoms with Gasteiger partial charge in [0.1, 0.15) is 6.61 Å². The van der Waals surface area contributed by atoms with Gasteiger partial charge in [0.05, 0.1) is 7.11 Å². The van der Waals surface area contributed by atoms with E-state index in [-0.39, 0.29) is 11.0 Å². The van der Waals surface area contributed by atoms with Gasteiger partial charge >= 0.3 is 0 Å². The third-order valence-corrected chi connectivity index (χ3v) is 5.44. The molecular formula is C24H34BrNO2. The summed E-state index contributed by atoms with van der Waals surface area (Å²) in [5.74, 6) is 1.50. The molecule has 0 radical (unpaired) electrons. The summed E-state index contributed by atoms with van der Waals surface area (Å²) in [5, 5.41) is 3.68. The highest BCUT2D eigenvalue weighted by Gasteiger charge is 2.25. The van der Waals surface area contributed by atoms with Crippen molar-refractivity contribution in [1.82, 2.24) is 5.32 Å². The van der Waals surface area contributed by atoms with Gasteiger partial charge in [0.2, 0.25) is 0 Å². The Bertz CT molecular complexity index is 794. The highest BCUT2D eigenvalue weighted by atomic mass is 79.9. The molecule has 0 atom stereocenters. The number of hydrogen-bond acceptors (Lipinski definition) is 3. The Morgan fingerprint density at radius 3 is 2.25 bits per heavy atom. The number of halogens is 1. The Labute approximate surface area is 179 Å². The topological polar surface area (TPSA) is 30.5 Å². The molecule has 28 heavy (non-hydrogen) atoms. The van der Waals surface area contributed by atoms with Crippen molar-refractivity contribution in [2.75, 3.05) is 7.11 Å². The number of rotatable bonds is 8. The van der Waals surface area contributed by atoms with E-state index in [9.17, 15) is 0 Å². The summed E-state index contributed by atoms with van der Waals surface area (Å²) >= 11 is 3.70. The summed E-state index contributed by atoms with van der Waals surface area (Å²) in [4.78, 5) is 0. The van der Waals surface area contributed by atoms with Crippen molar-refractivity contribution in [3.63, 3.8) is 0 Å². The standard InChI is InChI=1S/C24H34BrNO2/c1-17-10-8-9-11-18(17)15-28-22-13-20(25)19(12-21(22)27-7)14-26-24(5,6)16-23(2,3)4/h8-13,26H,14-16H2,1-7H3. The molecule has 0 bridgehead atoms. The summed E-state index contributed by atoms with van der Waals surface area (Å²) in [7, 11) is 1.69. The molecule has 0 amide bonds. The van der Waals surface area contributed by atoms with Crippen LogP contribution in [0.5, 0.6) is 11.5 Å². The first-order chi connectivity index (χ1) is 13.0. The number of nitrogens with one attached hydrogen (secondary N) is 1. The first-order valence-corrected chi connectivity index (χ1v) is 10.6. The van der Waals surface area contributed by atoms with Gasteiger partial charge in [-0.15, -0.1) is 0 Å². The zero-order chi connectivity index (χ0) is 20.9. The highest BCUT2D eigenvalue weighted by Crippen LogP contribution is 2.35. The van der Waals surface area contributed by atoms with Crippen LogP contribution in [0.3, 0.4) is 0 Å². The smallest absolute Gasteiger partial charge is 0.162 e. The number of methoxy groups -OCH3 is 1. The third-order valence-electron chi connectivity index (χ3n) is 4.71. The van der Waals surface area contributed by atoms with Gasteiger partial charge in [0, 0.05) is 16.6 Å². The summed E-state index contributed by atoms with van der Waals surface area (Å²) in [5.41, 5.74) is 3.88. The van der Waals surface area contributed by atoms with E-state index in [2.05, 4.69) is 81.0 Å². The lowest BCUT2D eigenvalue weighted by Gasteiger charge is -2.33. The molecule has 0 fully saturated rings. The minimum absolute atomic E-state index is 0.0466. The highest BCUT2D eigenvalue weighted by molar-refractivity contribution is 9.10. The van der Waals surface area contributed by atoms with Gasteiger partial charge in [-0.3, -0.25) is 0 Å². The summed E-state index contributed by atoms with van der Waals surface area (Å²) in [6.07, 6.45) is 1.09. The molecule has 154 valence electrons. The molecule has 0 aliphatic heterocycles. The van der Waals surface area contributed by atoms with E-state index in [1.165, 1.54) is 11.1 Å². The quantitative estimate of drug-likeness (QED) is 0.491. The fourth-order valence-corrected chi connectivity index (χ4v) is 4.10. The zero-order valence-electron chi connectivity index (χ0n) is 18.3. The molecule has 2 aromatic rings. The van der Waals surface area contributed by atoms with E-state index in [4.69, 9.17) is 9.47 Å². The normalized spacial score (nSPS) is 12.1. The van der Waals surface area contributed by atoms with Gasteiger partial charge in [0.25, 0.3) is 0 Å². The monoisotopic (exact) mass is 447 g/mol. The molecule has 4 heteroatoms.